The maximum absolute atomic E-state index is 5.75. The van der Waals surface area contributed by atoms with E-state index in [9.17, 15) is 0 Å². The van der Waals surface area contributed by atoms with Gasteiger partial charge in [-0.05, 0) is 18.6 Å². The lowest BCUT2D eigenvalue weighted by Crippen LogP contribution is -1.99. The normalized spacial score (nSPS) is 12.7. The topological polar surface area (TPSA) is 27.7 Å². The van der Waals surface area contributed by atoms with Crippen molar-refractivity contribution in [3.63, 3.8) is 0 Å². The van der Waals surface area contributed by atoms with E-state index in [4.69, 9.17) is 14.2 Å². The average Bonchev–Trinajstić information content (AvgIpc) is 2.86. The van der Waals surface area contributed by atoms with Gasteiger partial charge in [-0.1, -0.05) is 45.1 Å². The predicted molar refractivity (Wildman–Crippen MR) is 71.4 cm³/mol. The molecule has 0 fully saturated rings. The van der Waals surface area contributed by atoms with Crippen molar-refractivity contribution in [3.8, 4) is 17.2 Å². The highest BCUT2D eigenvalue weighted by Gasteiger charge is 2.17. The summed E-state index contributed by atoms with van der Waals surface area (Å²) < 4.78 is 16.5. The Hall–Kier alpha value is -1.38. The minimum Gasteiger partial charge on any atom is -0.490 e. The fourth-order valence-corrected chi connectivity index (χ4v) is 2.08. The Morgan fingerprint density at radius 3 is 2.78 bits per heavy atom. The molecule has 0 amide bonds. The lowest BCUT2D eigenvalue weighted by Gasteiger charge is -2.08. The third-order valence-electron chi connectivity index (χ3n) is 3.12. The van der Waals surface area contributed by atoms with Crippen molar-refractivity contribution in [3.05, 3.63) is 18.2 Å². The fourth-order valence-electron chi connectivity index (χ4n) is 2.08. The summed E-state index contributed by atoms with van der Waals surface area (Å²) in [5.41, 5.74) is 0. The van der Waals surface area contributed by atoms with E-state index in [0.717, 1.165) is 30.3 Å². The Kier molecular flexibility index (Phi) is 5.18. The largest absolute Gasteiger partial charge is 0.490 e. The van der Waals surface area contributed by atoms with Gasteiger partial charge in [0.05, 0.1) is 6.61 Å². The van der Waals surface area contributed by atoms with Crippen molar-refractivity contribution in [1.29, 1.82) is 0 Å². The summed E-state index contributed by atoms with van der Waals surface area (Å²) in [6, 6.07) is 5.77. The molecule has 1 aromatic rings. The third kappa shape index (κ3) is 3.56. The van der Waals surface area contributed by atoms with Crippen LogP contribution in [0, 0.1) is 0 Å². The van der Waals surface area contributed by atoms with E-state index in [1.165, 1.54) is 32.1 Å². The number of ether oxygens (including phenoxy) is 3. The van der Waals surface area contributed by atoms with Crippen LogP contribution in [0.3, 0.4) is 0 Å². The van der Waals surface area contributed by atoms with Gasteiger partial charge in [-0.15, -0.1) is 0 Å². The van der Waals surface area contributed by atoms with Gasteiger partial charge in [-0.3, -0.25) is 0 Å². The molecule has 1 aliphatic heterocycles. The molecule has 18 heavy (non-hydrogen) atoms. The zero-order valence-electron chi connectivity index (χ0n) is 11.1. The van der Waals surface area contributed by atoms with E-state index >= 15 is 0 Å². The Morgan fingerprint density at radius 1 is 1.06 bits per heavy atom. The minimum absolute atomic E-state index is 0.298. The van der Waals surface area contributed by atoms with Crippen LogP contribution in [0.2, 0.25) is 0 Å². The Balaban J connectivity index is 1.66. The highest BCUT2D eigenvalue weighted by Crippen LogP contribution is 2.40. The van der Waals surface area contributed by atoms with Crippen LogP contribution >= 0.6 is 0 Å². The van der Waals surface area contributed by atoms with Crippen molar-refractivity contribution in [1.82, 2.24) is 0 Å². The third-order valence-corrected chi connectivity index (χ3v) is 3.12. The van der Waals surface area contributed by atoms with Crippen LogP contribution in [-0.4, -0.2) is 13.4 Å². The van der Waals surface area contributed by atoms with Gasteiger partial charge in [0.25, 0.3) is 0 Å². The van der Waals surface area contributed by atoms with Crippen LogP contribution in [0.4, 0.5) is 0 Å². The standard InChI is InChI=1S/C15H22O3/c1-2-3-4-5-6-7-11-16-13-9-8-10-14-15(13)18-12-17-14/h8-10H,2-7,11-12H2,1H3. The molecule has 3 heteroatoms. The number of hydrogen-bond donors (Lipinski definition) is 0. The number of rotatable bonds is 8. The summed E-state index contributed by atoms with van der Waals surface area (Å²) in [4.78, 5) is 0. The molecule has 0 aromatic heterocycles. The van der Waals surface area contributed by atoms with Gasteiger partial charge in [0, 0.05) is 0 Å². The van der Waals surface area contributed by atoms with E-state index < -0.39 is 0 Å². The summed E-state index contributed by atoms with van der Waals surface area (Å²) in [6.07, 6.45) is 7.64. The number of unbranched alkanes of at least 4 members (excludes halogenated alkanes) is 5. The van der Waals surface area contributed by atoms with Gasteiger partial charge < -0.3 is 14.2 Å². The van der Waals surface area contributed by atoms with Crippen LogP contribution in [-0.2, 0) is 0 Å². The first kappa shape index (κ1) is 13.1. The van der Waals surface area contributed by atoms with Crippen LogP contribution in [0.5, 0.6) is 17.2 Å². The lowest BCUT2D eigenvalue weighted by atomic mass is 10.1. The minimum atomic E-state index is 0.298. The summed E-state index contributed by atoms with van der Waals surface area (Å²) in [5.74, 6) is 2.34. The molecule has 0 unspecified atom stereocenters. The van der Waals surface area contributed by atoms with Crippen molar-refractivity contribution in [2.24, 2.45) is 0 Å². The average molecular weight is 250 g/mol. The fraction of sp³-hybridized carbons (Fsp3) is 0.600. The van der Waals surface area contributed by atoms with E-state index in [1.807, 2.05) is 18.2 Å². The molecule has 0 bridgehead atoms. The van der Waals surface area contributed by atoms with E-state index in [1.54, 1.807) is 0 Å². The van der Waals surface area contributed by atoms with Crippen molar-refractivity contribution < 1.29 is 14.2 Å². The maximum Gasteiger partial charge on any atom is 0.231 e. The van der Waals surface area contributed by atoms with Crippen LogP contribution < -0.4 is 14.2 Å². The molecular weight excluding hydrogens is 228 g/mol. The molecule has 0 radical (unpaired) electrons. The molecule has 0 saturated heterocycles. The monoisotopic (exact) mass is 250 g/mol. The first-order valence-corrected chi connectivity index (χ1v) is 6.93. The Morgan fingerprint density at radius 2 is 1.89 bits per heavy atom. The van der Waals surface area contributed by atoms with Crippen LogP contribution in [0.1, 0.15) is 45.4 Å². The summed E-state index contributed by atoms with van der Waals surface area (Å²) >= 11 is 0. The maximum atomic E-state index is 5.75. The quantitative estimate of drug-likeness (QED) is 0.648. The van der Waals surface area contributed by atoms with Crippen LogP contribution in [0.15, 0.2) is 18.2 Å². The van der Waals surface area contributed by atoms with Gasteiger partial charge in [-0.2, -0.15) is 0 Å². The van der Waals surface area contributed by atoms with Crippen LogP contribution in [0.25, 0.3) is 0 Å². The molecular formula is C15H22O3. The second-order valence-corrected chi connectivity index (χ2v) is 4.61. The highest BCUT2D eigenvalue weighted by atomic mass is 16.7. The molecule has 1 aliphatic rings. The van der Waals surface area contributed by atoms with Gasteiger partial charge in [0.2, 0.25) is 12.5 Å². The summed E-state index contributed by atoms with van der Waals surface area (Å²) in [7, 11) is 0. The zero-order valence-corrected chi connectivity index (χ0v) is 11.1. The second-order valence-electron chi connectivity index (χ2n) is 4.61. The zero-order chi connectivity index (χ0) is 12.6. The number of benzene rings is 1. The van der Waals surface area contributed by atoms with E-state index in [0.29, 0.717) is 6.79 Å². The smallest absolute Gasteiger partial charge is 0.231 e. The van der Waals surface area contributed by atoms with Crippen molar-refractivity contribution in [2.45, 2.75) is 45.4 Å². The molecule has 3 nitrogen and oxygen atoms in total. The van der Waals surface area contributed by atoms with Crippen molar-refractivity contribution in [2.75, 3.05) is 13.4 Å². The van der Waals surface area contributed by atoms with Crippen molar-refractivity contribution >= 4 is 0 Å². The van der Waals surface area contributed by atoms with Gasteiger partial charge in [0.1, 0.15) is 0 Å². The predicted octanol–water partition coefficient (Wildman–Crippen LogP) is 4.15. The van der Waals surface area contributed by atoms with E-state index in [2.05, 4.69) is 6.92 Å². The number of para-hydroxylation sites is 1. The first-order chi connectivity index (χ1) is 8.92. The molecule has 0 atom stereocenters. The Labute approximate surface area is 109 Å². The molecule has 2 rings (SSSR count). The SMILES string of the molecule is CCCCCCCCOc1cccc2c1OCO2. The summed E-state index contributed by atoms with van der Waals surface area (Å²) in [5, 5.41) is 0. The van der Waals surface area contributed by atoms with Gasteiger partial charge in [-0.25, -0.2) is 0 Å². The molecule has 1 aromatic carbocycles. The lowest BCUT2D eigenvalue weighted by molar-refractivity contribution is 0.169. The molecule has 0 spiro atoms. The van der Waals surface area contributed by atoms with Gasteiger partial charge in [0.15, 0.2) is 11.5 Å². The van der Waals surface area contributed by atoms with E-state index in [-0.39, 0.29) is 0 Å². The Bertz CT molecular complexity index is 363. The highest BCUT2D eigenvalue weighted by molar-refractivity contribution is 5.52. The first-order valence-electron chi connectivity index (χ1n) is 6.93. The molecule has 0 aliphatic carbocycles. The molecule has 0 saturated carbocycles. The summed E-state index contributed by atoms with van der Waals surface area (Å²) in [6.45, 7) is 3.29. The number of hydrogen-bond acceptors (Lipinski definition) is 3. The molecule has 0 N–H and O–H groups in total. The number of fused-ring (bicyclic) bond motifs is 1. The second kappa shape index (κ2) is 7.14. The molecule has 100 valence electrons. The van der Waals surface area contributed by atoms with Gasteiger partial charge >= 0.3 is 0 Å². The molecule has 1 heterocycles.